The summed E-state index contributed by atoms with van der Waals surface area (Å²) in [6, 6.07) is 7.55. The highest BCUT2D eigenvalue weighted by Gasteiger charge is 2.42. The summed E-state index contributed by atoms with van der Waals surface area (Å²) in [6.07, 6.45) is 1.61. The number of para-hydroxylation sites is 1. The number of aliphatic hydroxyl groups excluding tert-OH is 2. The van der Waals surface area contributed by atoms with Crippen LogP contribution in [0.25, 0.3) is 0 Å². The van der Waals surface area contributed by atoms with Gasteiger partial charge in [0, 0.05) is 13.1 Å². The van der Waals surface area contributed by atoms with Crippen LogP contribution >= 0.6 is 0 Å². The van der Waals surface area contributed by atoms with Gasteiger partial charge in [-0.3, -0.25) is 9.59 Å². The number of amides is 1. The van der Waals surface area contributed by atoms with Gasteiger partial charge in [-0.15, -0.1) is 0 Å². The second-order valence-corrected chi connectivity index (χ2v) is 9.50. The Hall–Kier alpha value is -2.16. The Morgan fingerprint density at radius 2 is 1.82 bits per heavy atom. The fraction of sp³-hybridized carbons (Fsp3) is 0.680. The summed E-state index contributed by atoms with van der Waals surface area (Å²) in [6.45, 7) is 4.08. The molecule has 33 heavy (non-hydrogen) atoms. The zero-order chi connectivity index (χ0) is 23.8. The maximum atomic E-state index is 13.0. The third-order valence-electron chi connectivity index (χ3n) is 7.03. The first kappa shape index (κ1) is 25.5. The van der Waals surface area contributed by atoms with Gasteiger partial charge in [0.2, 0.25) is 0 Å². The van der Waals surface area contributed by atoms with E-state index in [9.17, 15) is 19.8 Å². The van der Waals surface area contributed by atoms with E-state index >= 15 is 0 Å². The lowest BCUT2D eigenvalue weighted by Crippen LogP contribution is -2.45. The minimum atomic E-state index is -1.18. The Morgan fingerprint density at radius 3 is 2.55 bits per heavy atom. The Balaban J connectivity index is 1.65. The molecule has 0 radical (unpaired) electrons. The highest BCUT2D eigenvalue weighted by molar-refractivity contribution is 5.78. The number of benzene rings is 1. The first-order valence-electron chi connectivity index (χ1n) is 12.0. The predicted molar refractivity (Wildman–Crippen MR) is 124 cm³/mol. The minimum Gasteiger partial charge on any atom is -0.484 e. The fourth-order valence-corrected chi connectivity index (χ4v) is 4.58. The first-order valence-corrected chi connectivity index (χ1v) is 12.0. The molecule has 1 aromatic carbocycles. The number of carbonyl (C=O) groups excluding carboxylic acids is 2. The zero-order valence-corrected chi connectivity index (χ0v) is 19.9. The molecule has 2 fully saturated rings. The predicted octanol–water partition coefficient (Wildman–Crippen LogP) is 1.75. The number of hydrogen-bond donors (Lipinski definition) is 2. The summed E-state index contributed by atoms with van der Waals surface area (Å²) in [5.41, 5.74) is 0.399. The van der Waals surface area contributed by atoms with Crippen molar-refractivity contribution in [1.82, 2.24) is 9.80 Å². The number of aliphatic hydroxyl groups is 2. The molecule has 0 saturated carbocycles. The van der Waals surface area contributed by atoms with Crippen LogP contribution in [-0.4, -0.2) is 90.5 Å². The van der Waals surface area contributed by atoms with Crippen molar-refractivity contribution in [2.24, 2.45) is 5.41 Å². The zero-order valence-electron chi connectivity index (χ0n) is 19.9. The lowest BCUT2D eigenvalue weighted by Gasteiger charge is -2.39. The van der Waals surface area contributed by atoms with E-state index in [1.165, 1.54) is 0 Å². The normalized spacial score (nSPS) is 25.5. The Kier molecular flexibility index (Phi) is 9.11. The molecule has 1 aromatic rings. The Morgan fingerprint density at radius 1 is 1.09 bits per heavy atom. The Labute approximate surface area is 196 Å². The molecule has 2 aliphatic rings. The first-order chi connectivity index (χ1) is 15.8. The van der Waals surface area contributed by atoms with Crippen molar-refractivity contribution < 1.29 is 29.3 Å². The van der Waals surface area contributed by atoms with Crippen molar-refractivity contribution in [3.63, 3.8) is 0 Å². The number of aryl methyl sites for hydroxylation is 1. The molecule has 0 aromatic heterocycles. The van der Waals surface area contributed by atoms with E-state index in [4.69, 9.17) is 9.47 Å². The number of hydrogen-bond acceptors (Lipinski definition) is 7. The van der Waals surface area contributed by atoms with E-state index in [1.807, 2.05) is 38.2 Å². The van der Waals surface area contributed by atoms with Crippen LogP contribution in [0, 0.1) is 12.3 Å². The van der Waals surface area contributed by atoms with Gasteiger partial charge in [0.05, 0.1) is 11.5 Å². The lowest BCUT2D eigenvalue weighted by molar-refractivity contribution is -0.164. The topological polar surface area (TPSA) is 99.5 Å². The maximum absolute atomic E-state index is 13.0. The number of cyclic esters (lactones) is 1. The van der Waals surface area contributed by atoms with Gasteiger partial charge in [-0.05, 0) is 70.8 Å². The summed E-state index contributed by atoms with van der Waals surface area (Å²) in [7, 11) is 2.04. The highest BCUT2D eigenvalue weighted by Crippen LogP contribution is 2.38. The fourth-order valence-electron chi connectivity index (χ4n) is 4.58. The van der Waals surface area contributed by atoms with Crippen molar-refractivity contribution in [3.8, 4) is 5.75 Å². The van der Waals surface area contributed by atoms with Gasteiger partial charge >= 0.3 is 5.97 Å². The van der Waals surface area contributed by atoms with E-state index in [0.717, 1.165) is 31.5 Å². The van der Waals surface area contributed by atoms with E-state index in [2.05, 4.69) is 4.90 Å². The highest BCUT2D eigenvalue weighted by atomic mass is 16.5. The second-order valence-electron chi connectivity index (χ2n) is 9.50. The van der Waals surface area contributed by atoms with Crippen LogP contribution in [0.5, 0.6) is 5.75 Å². The van der Waals surface area contributed by atoms with Crippen LogP contribution in [-0.2, 0) is 14.3 Å². The molecule has 2 heterocycles. The van der Waals surface area contributed by atoms with Crippen molar-refractivity contribution in [3.05, 3.63) is 29.8 Å². The van der Waals surface area contributed by atoms with Crippen LogP contribution < -0.4 is 4.74 Å². The standard InChI is InChI=1S/C25H38N2O6/c1-19-7-3-4-8-22(19)32-18-23(30)27-13-6-5-10-25(11-15-26(2)16-12-25)24(31)33-17-21(29)20(28)9-14-27/h3-4,7-8,20-21,28-29H,5-6,9-18H2,1-2H3/t20-,21+/m0/s1. The summed E-state index contributed by atoms with van der Waals surface area (Å²) in [4.78, 5) is 29.8. The third kappa shape index (κ3) is 6.91. The van der Waals surface area contributed by atoms with E-state index < -0.39 is 17.6 Å². The number of nitrogens with zero attached hydrogens (tertiary/aromatic N) is 2. The maximum Gasteiger partial charge on any atom is 0.312 e. The molecule has 2 N–H and O–H groups in total. The quantitative estimate of drug-likeness (QED) is 0.660. The second kappa shape index (κ2) is 11.8. The molecule has 0 unspecified atom stereocenters. The van der Waals surface area contributed by atoms with E-state index in [1.54, 1.807) is 4.90 Å². The number of rotatable bonds is 3. The van der Waals surface area contributed by atoms with Crippen molar-refractivity contribution in [2.75, 3.05) is 46.4 Å². The average molecular weight is 463 g/mol. The molecule has 8 heteroatoms. The minimum absolute atomic E-state index is 0.0820. The van der Waals surface area contributed by atoms with Crippen LogP contribution in [0.2, 0.25) is 0 Å². The molecule has 1 amide bonds. The van der Waals surface area contributed by atoms with Crippen LogP contribution in [0.3, 0.4) is 0 Å². The largest absolute Gasteiger partial charge is 0.484 e. The summed E-state index contributed by atoms with van der Waals surface area (Å²) >= 11 is 0. The van der Waals surface area contributed by atoms with Crippen LogP contribution in [0.15, 0.2) is 24.3 Å². The van der Waals surface area contributed by atoms with Gasteiger partial charge in [-0.2, -0.15) is 0 Å². The van der Waals surface area contributed by atoms with Gasteiger partial charge in [-0.25, -0.2) is 0 Å². The Bertz CT molecular complexity index is 793. The number of ether oxygens (including phenoxy) is 2. The van der Waals surface area contributed by atoms with E-state index in [0.29, 0.717) is 38.1 Å². The molecule has 1 spiro atoms. The summed E-state index contributed by atoms with van der Waals surface area (Å²) < 4.78 is 11.2. The molecule has 0 bridgehead atoms. The summed E-state index contributed by atoms with van der Waals surface area (Å²) in [5, 5.41) is 20.7. The van der Waals surface area contributed by atoms with Gasteiger partial charge in [0.25, 0.3) is 5.91 Å². The van der Waals surface area contributed by atoms with Crippen molar-refractivity contribution in [1.29, 1.82) is 0 Å². The number of piperidine rings is 1. The van der Waals surface area contributed by atoms with Crippen molar-refractivity contribution >= 4 is 11.9 Å². The number of likely N-dealkylation sites (tertiary alicyclic amines) is 1. The molecule has 2 atom stereocenters. The number of esters is 1. The monoisotopic (exact) mass is 462 g/mol. The molecule has 2 saturated heterocycles. The molecule has 3 rings (SSSR count). The molecule has 8 nitrogen and oxygen atoms in total. The van der Waals surface area contributed by atoms with Gasteiger partial charge in [0.1, 0.15) is 18.5 Å². The molecule has 184 valence electrons. The number of carbonyl (C=O) groups is 2. The van der Waals surface area contributed by atoms with Gasteiger partial charge in [0.15, 0.2) is 6.61 Å². The molecular weight excluding hydrogens is 424 g/mol. The van der Waals surface area contributed by atoms with Crippen LogP contribution in [0.1, 0.15) is 44.1 Å². The smallest absolute Gasteiger partial charge is 0.312 e. The van der Waals surface area contributed by atoms with Gasteiger partial charge < -0.3 is 29.5 Å². The molecule has 0 aliphatic carbocycles. The average Bonchev–Trinajstić information content (AvgIpc) is 2.82. The summed E-state index contributed by atoms with van der Waals surface area (Å²) in [5.74, 6) is 0.240. The van der Waals surface area contributed by atoms with Gasteiger partial charge in [-0.1, -0.05) is 24.6 Å². The molecule has 2 aliphatic heterocycles. The SMILES string of the molecule is Cc1ccccc1OCC(=O)N1CCCCC2(CCN(C)CC2)C(=O)OC[C@@H](O)[C@@H](O)CC1. The van der Waals surface area contributed by atoms with Crippen LogP contribution in [0.4, 0.5) is 0 Å². The third-order valence-corrected chi connectivity index (χ3v) is 7.03. The lowest BCUT2D eigenvalue weighted by atomic mass is 9.74. The van der Waals surface area contributed by atoms with Crippen molar-refractivity contribution in [2.45, 2.75) is 57.7 Å². The molecular formula is C25H38N2O6. The van der Waals surface area contributed by atoms with E-state index in [-0.39, 0.29) is 31.5 Å².